The molecular formula is C10H12BrClFNO. The summed E-state index contributed by atoms with van der Waals surface area (Å²) in [4.78, 5) is 0. The van der Waals surface area contributed by atoms with E-state index in [0.717, 1.165) is 4.47 Å². The molecule has 0 aliphatic carbocycles. The van der Waals surface area contributed by atoms with Gasteiger partial charge in [0.25, 0.3) is 0 Å². The summed E-state index contributed by atoms with van der Waals surface area (Å²) >= 11 is 3.29. The van der Waals surface area contributed by atoms with Gasteiger partial charge >= 0.3 is 0 Å². The summed E-state index contributed by atoms with van der Waals surface area (Å²) in [5.41, 5.74) is 5.14. The largest absolute Gasteiger partial charge is 0.487 e. The second-order valence-corrected chi connectivity index (χ2v) is 3.54. The Morgan fingerprint density at radius 1 is 1.40 bits per heavy atom. The van der Waals surface area contributed by atoms with Crippen molar-refractivity contribution < 1.29 is 9.13 Å². The van der Waals surface area contributed by atoms with Crippen LogP contribution in [0.3, 0.4) is 0 Å². The quantitative estimate of drug-likeness (QED) is 0.927. The third-order valence-corrected chi connectivity index (χ3v) is 2.06. The summed E-state index contributed by atoms with van der Waals surface area (Å²) in [7, 11) is 0. The fourth-order valence-corrected chi connectivity index (χ4v) is 1.13. The van der Waals surface area contributed by atoms with Gasteiger partial charge in [-0.3, -0.25) is 0 Å². The molecule has 0 fully saturated rings. The molecule has 0 heterocycles. The summed E-state index contributed by atoms with van der Waals surface area (Å²) in [5.74, 6) is 0.282. The van der Waals surface area contributed by atoms with Gasteiger partial charge in [0.2, 0.25) is 0 Å². The highest BCUT2D eigenvalue weighted by atomic mass is 79.9. The van der Waals surface area contributed by atoms with Crippen LogP contribution < -0.4 is 10.5 Å². The van der Waals surface area contributed by atoms with Crippen LogP contribution in [0.2, 0.25) is 0 Å². The molecule has 0 atom stereocenters. The van der Waals surface area contributed by atoms with Crippen molar-refractivity contribution >= 4 is 28.3 Å². The second kappa shape index (κ2) is 7.68. The first-order chi connectivity index (χ1) is 6.72. The highest BCUT2D eigenvalue weighted by molar-refractivity contribution is 9.10. The summed E-state index contributed by atoms with van der Waals surface area (Å²) in [5, 5.41) is 0. The predicted molar refractivity (Wildman–Crippen MR) is 65.1 cm³/mol. The van der Waals surface area contributed by atoms with Crippen molar-refractivity contribution in [1.82, 2.24) is 0 Å². The maximum Gasteiger partial charge on any atom is 0.139 e. The lowest BCUT2D eigenvalue weighted by Gasteiger charge is -2.03. The number of hydrogen-bond acceptors (Lipinski definition) is 2. The molecule has 0 bridgehead atoms. The molecular weight excluding hydrogens is 284 g/mol. The van der Waals surface area contributed by atoms with Crippen LogP contribution in [0.15, 0.2) is 40.6 Å². The van der Waals surface area contributed by atoms with E-state index in [4.69, 9.17) is 10.5 Å². The Balaban J connectivity index is 0.00000196. The molecule has 0 aromatic heterocycles. The molecule has 0 saturated heterocycles. The van der Waals surface area contributed by atoms with Gasteiger partial charge in [-0.15, -0.1) is 12.4 Å². The molecule has 2 nitrogen and oxygen atoms in total. The number of nitrogens with two attached hydrogens (primary N) is 1. The van der Waals surface area contributed by atoms with E-state index in [1.807, 2.05) is 12.1 Å². The molecule has 2 N–H and O–H groups in total. The molecule has 1 aromatic carbocycles. The minimum Gasteiger partial charge on any atom is -0.487 e. The van der Waals surface area contributed by atoms with Crippen molar-refractivity contribution in [2.24, 2.45) is 5.73 Å². The van der Waals surface area contributed by atoms with Gasteiger partial charge in [-0.25, -0.2) is 4.39 Å². The first-order valence-corrected chi connectivity index (χ1v) is 4.94. The molecule has 0 saturated carbocycles. The Labute approximate surface area is 103 Å². The average molecular weight is 297 g/mol. The van der Waals surface area contributed by atoms with E-state index in [0.29, 0.717) is 5.75 Å². The minimum absolute atomic E-state index is 0. The van der Waals surface area contributed by atoms with Gasteiger partial charge in [-0.05, 0) is 30.3 Å². The van der Waals surface area contributed by atoms with Crippen LogP contribution in [0.1, 0.15) is 0 Å². The maximum atomic E-state index is 12.8. The van der Waals surface area contributed by atoms with Gasteiger partial charge in [0.05, 0.1) is 0 Å². The lowest BCUT2D eigenvalue weighted by molar-refractivity contribution is 0.318. The normalized spacial score (nSPS) is 10.7. The maximum absolute atomic E-state index is 12.8. The van der Waals surface area contributed by atoms with E-state index < -0.39 is 0 Å². The monoisotopic (exact) mass is 295 g/mol. The Bertz CT molecular complexity index is 316. The van der Waals surface area contributed by atoms with Crippen LogP contribution in [0.25, 0.3) is 0 Å². The van der Waals surface area contributed by atoms with E-state index >= 15 is 0 Å². The van der Waals surface area contributed by atoms with Crippen LogP contribution in [-0.4, -0.2) is 13.2 Å². The fourth-order valence-electron chi connectivity index (χ4n) is 0.870. The van der Waals surface area contributed by atoms with Gasteiger partial charge < -0.3 is 10.5 Å². The SMILES string of the molecule is Cl.NC/C=C(\F)COc1ccc(Br)cc1. The number of halogens is 3. The standard InChI is InChI=1S/C10H11BrFNO.ClH/c11-8-1-3-10(4-2-8)14-7-9(12)5-6-13;/h1-5H,6-7,13H2;1H/b9-5-;. The van der Waals surface area contributed by atoms with Crippen molar-refractivity contribution in [1.29, 1.82) is 0 Å². The molecule has 0 radical (unpaired) electrons. The van der Waals surface area contributed by atoms with Gasteiger partial charge in [0.1, 0.15) is 18.2 Å². The zero-order valence-electron chi connectivity index (χ0n) is 7.95. The number of hydrogen-bond donors (Lipinski definition) is 1. The van der Waals surface area contributed by atoms with Crippen LogP contribution in [0.4, 0.5) is 4.39 Å². The predicted octanol–water partition coefficient (Wildman–Crippen LogP) is 3.06. The third kappa shape index (κ3) is 5.77. The van der Waals surface area contributed by atoms with Gasteiger partial charge in [-0.1, -0.05) is 15.9 Å². The van der Waals surface area contributed by atoms with Crippen LogP contribution in [-0.2, 0) is 0 Å². The van der Waals surface area contributed by atoms with E-state index in [1.54, 1.807) is 12.1 Å². The van der Waals surface area contributed by atoms with E-state index in [2.05, 4.69) is 15.9 Å². The van der Waals surface area contributed by atoms with E-state index in [-0.39, 0.29) is 31.4 Å². The zero-order valence-corrected chi connectivity index (χ0v) is 10.4. The van der Waals surface area contributed by atoms with Crippen LogP contribution in [0, 0.1) is 0 Å². The third-order valence-electron chi connectivity index (χ3n) is 1.53. The molecule has 5 heteroatoms. The first kappa shape index (κ1) is 14.4. The summed E-state index contributed by atoms with van der Waals surface area (Å²) < 4.78 is 18.9. The smallest absolute Gasteiger partial charge is 0.139 e. The average Bonchev–Trinajstić information content (AvgIpc) is 2.17. The second-order valence-electron chi connectivity index (χ2n) is 2.63. The number of rotatable bonds is 4. The molecule has 1 aromatic rings. The highest BCUT2D eigenvalue weighted by Gasteiger charge is 1.96. The molecule has 0 amide bonds. The first-order valence-electron chi connectivity index (χ1n) is 4.15. The van der Waals surface area contributed by atoms with Crippen LogP contribution >= 0.6 is 28.3 Å². The Morgan fingerprint density at radius 3 is 2.53 bits per heavy atom. The Kier molecular flexibility index (Phi) is 7.38. The Morgan fingerprint density at radius 2 is 2.00 bits per heavy atom. The van der Waals surface area contributed by atoms with Gasteiger partial charge in [-0.2, -0.15) is 0 Å². The van der Waals surface area contributed by atoms with Crippen molar-refractivity contribution in [3.8, 4) is 5.75 Å². The molecule has 0 aliphatic heterocycles. The van der Waals surface area contributed by atoms with Crippen molar-refractivity contribution in [2.45, 2.75) is 0 Å². The summed E-state index contributed by atoms with van der Waals surface area (Å²) in [6.07, 6.45) is 1.29. The molecule has 1 rings (SSSR count). The lowest BCUT2D eigenvalue weighted by atomic mass is 10.3. The summed E-state index contributed by atoms with van der Waals surface area (Å²) in [6, 6.07) is 7.19. The number of ether oxygens (including phenoxy) is 1. The van der Waals surface area contributed by atoms with Crippen molar-refractivity contribution in [2.75, 3.05) is 13.2 Å². The number of benzene rings is 1. The van der Waals surface area contributed by atoms with Crippen LogP contribution in [0.5, 0.6) is 5.75 Å². The van der Waals surface area contributed by atoms with E-state index in [1.165, 1.54) is 6.08 Å². The molecule has 0 unspecified atom stereocenters. The lowest BCUT2D eigenvalue weighted by Crippen LogP contribution is -2.01. The fraction of sp³-hybridized carbons (Fsp3) is 0.200. The summed E-state index contributed by atoms with van der Waals surface area (Å²) in [6.45, 7) is 0.119. The molecule has 0 aliphatic rings. The van der Waals surface area contributed by atoms with Crippen molar-refractivity contribution in [3.63, 3.8) is 0 Å². The Hall–Kier alpha value is -0.580. The van der Waals surface area contributed by atoms with E-state index in [9.17, 15) is 4.39 Å². The van der Waals surface area contributed by atoms with Gasteiger partial charge in [0, 0.05) is 11.0 Å². The zero-order chi connectivity index (χ0) is 10.4. The molecule has 0 spiro atoms. The topological polar surface area (TPSA) is 35.2 Å². The molecule has 15 heavy (non-hydrogen) atoms. The van der Waals surface area contributed by atoms with Gasteiger partial charge in [0.15, 0.2) is 0 Å². The molecule has 84 valence electrons. The van der Waals surface area contributed by atoms with Crippen molar-refractivity contribution in [3.05, 3.63) is 40.6 Å². The minimum atomic E-state index is -0.351. The highest BCUT2D eigenvalue weighted by Crippen LogP contribution is 2.16.